The molecule has 2 heterocycles. The number of fused-ring (bicyclic) bond motifs is 1. The van der Waals surface area contributed by atoms with E-state index < -0.39 is 5.91 Å². The molecule has 0 aliphatic heterocycles. The van der Waals surface area contributed by atoms with Crippen molar-refractivity contribution in [2.45, 2.75) is 6.54 Å². The molecule has 0 unspecified atom stereocenters. The molecule has 1 amide bonds. The highest BCUT2D eigenvalue weighted by molar-refractivity contribution is 6.36. The molecule has 0 radical (unpaired) electrons. The summed E-state index contributed by atoms with van der Waals surface area (Å²) < 4.78 is 7.07. The molecule has 32 heavy (non-hydrogen) atoms. The van der Waals surface area contributed by atoms with Crippen LogP contribution in [-0.2, 0) is 6.54 Å². The monoisotopic (exact) mass is 462 g/mol. The zero-order chi connectivity index (χ0) is 22.1. The van der Waals surface area contributed by atoms with Crippen LogP contribution in [0.25, 0.3) is 22.1 Å². The predicted molar refractivity (Wildman–Crippen MR) is 125 cm³/mol. The van der Waals surface area contributed by atoms with Gasteiger partial charge < -0.3 is 9.84 Å². The Bertz CT molecular complexity index is 1440. The fourth-order valence-corrected chi connectivity index (χ4v) is 4.01. The summed E-state index contributed by atoms with van der Waals surface area (Å²) in [5.41, 5.74) is 2.44. The van der Waals surface area contributed by atoms with E-state index >= 15 is 0 Å². The summed E-state index contributed by atoms with van der Waals surface area (Å²) in [6.07, 6.45) is 3.37. The molecule has 0 fully saturated rings. The third kappa shape index (κ3) is 4.10. The molecule has 3 aromatic carbocycles. The lowest BCUT2D eigenvalue weighted by Crippen LogP contribution is -2.11. The smallest absolute Gasteiger partial charge is 0.277 e. The van der Waals surface area contributed by atoms with Crippen molar-refractivity contribution in [3.05, 3.63) is 100 Å². The molecular formula is C24H16Cl2N4O2. The Morgan fingerprint density at radius 3 is 2.75 bits per heavy atom. The van der Waals surface area contributed by atoms with Crippen LogP contribution in [0, 0.1) is 0 Å². The highest BCUT2D eigenvalue weighted by Gasteiger charge is 2.16. The summed E-state index contributed by atoms with van der Waals surface area (Å²) >= 11 is 12.1. The second kappa shape index (κ2) is 8.49. The van der Waals surface area contributed by atoms with Crippen molar-refractivity contribution in [3.8, 4) is 11.3 Å². The number of rotatable bonds is 5. The molecule has 6 nitrogen and oxygen atoms in total. The fraction of sp³-hybridized carbons (Fsp3) is 0.0417. The van der Waals surface area contributed by atoms with Crippen molar-refractivity contribution in [1.29, 1.82) is 0 Å². The van der Waals surface area contributed by atoms with E-state index in [0.29, 0.717) is 33.6 Å². The highest BCUT2D eigenvalue weighted by atomic mass is 35.5. The molecule has 0 saturated heterocycles. The van der Waals surface area contributed by atoms with Crippen LogP contribution in [0.15, 0.2) is 83.6 Å². The number of aromatic nitrogens is 3. The first kappa shape index (κ1) is 20.3. The summed E-state index contributed by atoms with van der Waals surface area (Å²) in [6.45, 7) is 0.584. The van der Waals surface area contributed by atoms with Crippen molar-refractivity contribution < 1.29 is 9.32 Å². The quantitative estimate of drug-likeness (QED) is 0.332. The molecule has 0 aliphatic carbocycles. The standard InChI is InChI=1S/C24H16Cl2N4O2/c25-17-8-9-20(21(26)10-17)23-11-22(29-32-23)24(31)28-18-12-27-30(14-18)13-16-6-3-5-15-4-1-2-7-19(15)16/h1-12,14H,13H2,(H,28,31). The Morgan fingerprint density at radius 1 is 1.03 bits per heavy atom. The maximum absolute atomic E-state index is 12.6. The molecule has 8 heteroatoms. The van der Waals surface area contributed by atoms with Gasteiger partial charge in [0.05, 0.1) is 23.5 Å². The lowest BCUT2D eigenvalue weighted by molar-refractivity contribution is 0.101. The van der Waals surface area contributed by atoms with Crippen LogP contribution in [0.1, 0.15) is 16.1 Å². The minimum absolute atomic E-state index is 0.132. The van der Waals surface area contributed by atoms with E-state index in [0.717, 1.165) is 5.56 Å². The van der Waals surface area contributed by atoms with Crippen LogP contribution in [-0.4, -0.2) is 20.8 Å². The number of benzene rings is 3. The van der Waals surface area contributed by atoms with E-state index in [4.69, 9.17) is 27.7 Å². The second-order valence-corrected chi connectivity index (χ2v) is 8.06. The molecule has 0 atom stereocenters. The number of hydrogen-bond donors (Lipinski definition) is 1. The first-order valence-electron chi connectivity index (χ1n) is 9.79. The zero-order valence-electron chi connectivity index (χ0n) is 16.6. The van der Waals surface area contributed by atoms with Gasteiger partial charge in [0.25, 0.3) is 5.91 Å². The molecular weight excluding hydrogens is 447 g/mol. The third-order valence-electron chi connectivity index (χ3n) is 5.04. The topological polar surface area (TPSA) is 73.0 Å². The van der Waals surface area contributed by atoms with Gasteiger partial charge in [0.15, 0.2) is 11.5 Å². The van der Waals surface area contributed by atoms with Crippen LogP contribution in [0.3, 0.4) is 0 Å². The summed E-state index contributed by atoms with van der Waals surface area (Å²) in [4.78, 5) is 12.6. The Balaban J connectivity index is 1.30. The van der Waals surface area contributed by atoms with Gasteiger partial charge in [0.1, 0.15) is 0 Å². The van der Waals surface area contributed by atoms with E-state index in [9.17, 15) is 4.79 Å². The van der Waals surface area contributed by atoms with Crippen molar-refractivity contribution in [2.24, 2.45) is 0 Å². The van der Waals surface area contributed by atoms with Crippen LogP contribution < -0.4 is 5.32 Å². The molecule has 0 aliphatic rings. The van der Waals surface area contributed by atoms with E-state index in [-0.39, 0.29) is 5.69 Å². The van der Waals surface area contributed by atoms with E-state index in [1.54, 1.807) is 35.3 Å². The molecule has 2 aromatic heterocycles. The van der Waals surface area contributed by atoms with Crippen molar-refractivity contribution in [3.63, 3.8) is 0 Å². The van der Waals surface area contributed by atoms with Crippen molar-refractivity contribution >= 4 is 45.6 Å². The lowest BCUT2D eigenvalue weighted by atomic mass is 10.0. The van der Waals surface area contributed by atoms with Gasteiger partial charge in [-0.05, 0) is 34.5 Å². The number of nitrogens with one attached hydrogen (secondary N) is 1. The van der Waals surface area contributed by atoms with Gasteiger partial charge in [0.2, 0.25) is 0 Å². The first-order valence-corrected chi connectivity index (χ1v) is 10.5. The maximum Gasteiger partial charge on any atom is 0.277 e. The Hall–Kier alpha value is -3.61. The van der Waals surface area contributed by atoms with Crippen LogP contribution in [0.2, 0.25) is 10.0 Å². The van der Waals surface area contributed by atoms with Crippen molar-refractivity contribution in [1.82, 2.24) is 14.9 Å². The summed E-state index contributed by atoms with van der Waals surface area (Å²) in [5.74, 6) is -0.0294. The SMILES string of the molecule is O=C(Nc1cnn(Cc2cccc3ccccc23)c1)c1cc(-c2ccc(Cl)cc2Cl)on1. The van der Waals surface area contributed by atoms with Gasteiger partial charge in [0, 0.05) is 22.8 Å². The maximum atomic E-state index is 12.6. The second-order valence-electron chi connectivity index (χ2n) is 7.22. The summed E-state index contributed by atoms with van der Waals surface area (Å²) in [7, 11) is 0. The predicted octanol–water partition coefficient (Wildman–Crippen LogP) is 6.30. The van der Waals surface area contributed by atoms with Crippen LogP contribution in [0.4, 0.5) is 5.69 Å². The first-order chi connectivity index (χ1) is 15.6. The van der Waals surface area contributed by atoms with E-state index in [2.05, 4.69) is 39.8 Å². The average Bonchev–Trinajstić information content (AvgIpc) is 3.44. The highest BCUT2D eigenvalue weighted by Crippen LogP contribution is 2.31. The number of carbonyl (C=O) groups is 1. The van der Waals surface area contributed by atoms with Gasteiger partial charge in [-0.1, -0.05) is 70.8 Å². The number of amides is 1. The largest absolute Gasteiger partial charge is 0.355 e. The third-order valence-corrected chi connectivity index (χ3v) is 5.59. The summed E-state index contributed by atoms with van der Waals surface area (Å²) in [5, 5.41) is 14.3. The van der Waals surface area contributed by atoms with E-state index in [1.165, 1.54) is 16.8 Å². The molecule has 0 spiro atoms. The van der Waals surface area contributed by atoms with Crippen LogP contribution >= 0.6 is 23.2 Å². The zero-order valence-corrected chi connectivity index (χ0v) is 18.1. The molecule has 1 N–H and O–H groups in total. The van der Waals surface area contributed by atoms with Gasteiger partial charge in [-0.25, -0.2) is 0 Å². The Kier molecular flexibility index (Phi) is 5.39. The minimum Gasteiger partial charge on any atom is -0.355 e. The van der Waals surface area contributed by atoms with Crippen LogP contribution in [0.5, 0.6) is 0 Å². The van der Waals surface area contributed by atoms with Gasteiger partial charge in [-0.15, -0.1) is 0 Å². The summed E-state index contributed by atoms with van der Waals surface area (Å²) in [6, 6.07) is 20.9. The molecule has 0 bridgehead atoms. The molecule has 0 saturated carbocycles. The number of hydrogen-bond acceptors (Lipinski definition) is 4. The molecule has 5 aromatic rings. The minimum atomic E-state index is -0.408. The fourth-order valence-electron chi connectivity index (χ4n) is 3.51. The van der Waals surface area contributed by atoms with Gasteiger partial charge in [-0.2, -0.15) is 5.10 Å². The lowest BCUT2D eigenvalue weighted by Gasteiger charge is -2.06. The molecule has 5 rings (SSSR count). The van der Waals surface area contributed by atoms with Gasteiger partial charge in [-0.3, -0.25) is 9.48 Å². The molecule has 158 valence electrons. The normalized spacial score (nSPS) is 11.1. The van der Waals surface area contributed by atoms with Gasteiger partial charge >= 0.3 is 0 Å². The number of nitrogens with zero attached hydrogens (tertiary/aromatic N) is 3. The number of halogens is 2. The Labute approximate surface area is 193 Å². The average molecular weight is 463 g/mol. The van der Waals surface area contributed by atoms with E-state index in [1.807, 2.05) is 18.2 Å². The Morgan fingerprint density at radius 2 is 1.88 bits per heavy atom. The van der Waals surface area contributed by atoms with Crippen molar-refractivity contribution in [2.75, 3.05) is 5.32 Å². The number of carbonyl (C=O) groups excluding carboxylic acids is 1. The number of anilines is 1.